The topological polar surface area (TPSA) is 0 Å². The Bertz CT molecular complexity index is 437. The summed E-state index contributed by atoms with van der Waals surface area (Å²) in [5.41, 5.74) is 6.42. The van der Waals surface area contributed by atoms with Gasteiger partial charge in [-0.1, -0.05) is 0 Å². The summed E-state index contributed by atoms with van der Waals surface area (Å²) in [7, 11) is 0. The molecule has 0 aliphatic rings. The largest absolute Gasteiger partial charge is 1.00 e. The molecule has 2 heteroatoms. The van der Waals surface area contributed by atoms with Crippen LogP contribution in [0, 0.1) is 0 Å². The number of hydrogen-bond donors (Lipinski definition) is 0. The molecule has 0 unspecified atom stereocenters. The van der Waals surface area contributed by atoms with Crippen LogP contribution >= 0.6 is 0 Å². The maximum atomic E-state index is 2.47. The first-order valence-electron chi connectivity index (χ1n) is 5.61. The van der Waals surface area contributed by atoms with E-state index in [-0.39, 0.29) is 17.0 Å². The molecule has 0 aliphatic heterocycles. The SMILES string of the molecule is C[As+](C)(Cc1ccccc1)c1ccccc1.[Br-]. The maximum Gasteiger partial charge on any atom is -1.00 e. The van der Waals surface area contributed by atoms with Gasteiger partial charge in [-0.3, -0.25) is 0 Å². The van der Waals surface area contributed by atoms with E-state index in [0.29, 0.717) is 0 Å². The molecule has 0 spiro atoms. The van der Waals surface area contributed by atoms with Gasteiger partial charge in [0, 0.05) is 0 Å². The van der Waals surface area contributed by atoms with E-state index in [1.165, 1.54) is 10.8 Å². The van der Waals surface area contributed by atoms with Crippen molar-refractivity contribution in [3.05, 3.63) is 66.2 Å². The molecule has 0 aliphatic carbocycles. The van der Waals surface area contributed by atoms with E-state index in [9.17, 15) is 0 Å². The molecule has 0 nitrogen and oxygen atoms in total. The standard InChI is InChI=1S/C15H18As.BrH/c1-16(2,15-11-7-4-8-12-15)13-14-9-5-3-6-10-14;/h3-12H,13H2,1-2H3;1H/q+1;/p-1. The quantitative estimate of drug-likeness (QED) is 0.701. The average Bonchev–Trinajstić information content (AvgIpc) is 2.31. The molecular weight excluding hydrogens is 335 g/mol. The summed E-state index contributed by atoms with van der Waals surface area (Å²) < 4.78 is 1.57. The minimum absolute atomic E-state index is 0. The molecule has 90 valence electrons. The second-order valence-corrected chi connectivity index (χ2v) is 13.5. The van der Waals surface area contributed by atoms with Crippen LogP contribution in [-0.2, 0) is 5.21 Å². The molecule has 2 aromatic carbocycles. The molecule has 17 heavy (non-hydrogen) atoms. The van der Waals surface area contributed by atoms with Gasteiger partial charge in [-0.15, -0.1) is 0 Å². The van der Waals surface area contributed by atoms with Crippen molar-refractivity contribution in [2.24, 2.45) is 0 Å². The Labute approximate surface area is 117 Å². The molecule has 0 bridgehead atoms. The summed E-state index contributed by atoms with van der Waals surface area (Å²) in [5.74, 6) is 0. The van der Waals surface area contributed by atoms with Gasteiger partial charge in [0.15, 0.2) is 0 Å². The molecule has 2 aromatic rings. The number of hydrogen-bond acceptors (Lipinski definition) is 0. The van der Waals surface area contributed by atoms with Crippen molar-refractivity contribution in [3.63, 3.8) is 0 Å². The van der Waals surface area contributed by atoms with Gasteiger partial charge >= 0.3 is 101 Å². The minimum Gasteiger partial charge on any atom is -1.00 e. The van der Waals surface area contributed by atoms with Gasteiger partial charge in [-0.2, -0.15) is 0 Å². The van der Waals surface area contributed by atoms with Crippen molar-refractivity contribution in [2.75, 3.05) is 0 Å². The fraction of sp³-hybridized carbons (Fsp3) is 0.200. The van der Waals surface area contributed by atoms with Gasteiger partial charge in [0.05, 0.1) is 0 Å². The number of rotatable bonds is 3. The van der Waals surface area contributed by atoms with Crippen LogP contribution in [0.5, 0.6) is 0 Å². The summed E-state index contributed by atoms with van der Waals surface area (Å²) >= 11 is -1.68. The summed E-state index contributed by atoms with van der Waals surface area (Å²) in [6.45, 7) is 0. The molecule has 2 rings (SSSR count). The number of halogens is 1. The Kier molecular flexibility index (Phi) is 5.49. The fourth-order valence-electron chi connectivity index (χ4n) is 1.96. The van der Waals surface area contributed by atoms with Crippen molar-refractivity contribution in [1.82, 2.24) is 0 Å². The predicted octanol–water partition coefficient (Wildman–Crippen LogP) is 0.388. The van der Waals surface area contributed by atoms with E-state index in [1.807, 2.05) is 0 Å². The van der Waals surface area contributed by atoms with E-state index < -0.39 is 13.6 Å². The molecule has 0 N–H and O–H groups in total. The van der Waals surface area contributed by atoms with Crippen LogP contribution in [0.25, 0.3) is 0 Å². The third kappa shape index (κ3) is 4.01. The summed E-state index contributed by atoms with van der Waals surface area (Å²) in [6, 6.07) is 21.8. The number of benzene rings is 2. The van der Waals surface area contributed by atoms with Crippen LogP contribution in [0.3, 0.4) is 0 Å². The molecule has 0 amide bonds. The van der Waals surface area contributed by atoms with Crippen molar-refractivity contribution in [3.8, 4) is 0 Å². The normalized spacial score (nSPS) is 10.7. The zero-order valence-electron chi connectivity index (χ0n) is 10.3. The second kappa shape index (κ2) is 6.42. The van der Waals surface area contributed by atoms with E-state index in [4.69, 9.17) is 0 Å². The van der Waals surface area contributed by atoms with Crippen molar-refractivity contribution >= 4 is 17.9 Å². The van der Waals surface area contributed by atoms with E-state index in [0.717, 1.165) is 0 Å². The Morgan fingerprint density at radius 2 is 1.24 bits per heavy atom. The molecule has 0 atom stereocenters. The molecule has 0 radical (unpaired) electrons. The first kappa shape index (κ1) is 14.5. The van der Waals surface area contributed by atoms with E-state index in [1.54, 1.807) is 4.35 Å². The first-order chi connectivity index (χ1) is 7.68. The summed E-state index contributed by atoms with van der Waals surface area (Å²) in [5, 5.41) is 1.25. The first-order valence-corrected chi connectivity index (χ1v) is 11.6. The Balaban J connectivity index is 0.00000144. The zero-order chi connectivity index (χ0) is 11.4. The fourth-order valence-corrected chi connectivity index (χ4v) is 6.76. The molecule has 0 saturated carbocycles. The van der Waals surface area contributed by atoms with E-state index >= 15 is 0 Å². The maximum absolute atomic E-state index is 2.47. The molecular formula is C15H18AsBr. The smallest absolute Gasteiger partial charge is 1.00 e. The van der Waals surface area contributed by atoms with Gasteiger partial charge in [-0.05, 0) is 0 Å². The summed E-state index contributed by atoms with van der Waals surface area (Å²) in [6.07, 6.45) is 0. The van der Waals surface area contributed by atoms with Crippen molar-refractivity contribution in [2.45, 2.75) is 16.6 Å². The van der Waals surface area contributed by atoms with Crippen molar-refractivity contribution < 1.29 is 17.0 Å². The van der Waals surface area contributed by atoms with Crippen LogP contribution < -0.4 is 21.3 Å². The molecule has 0 heterocycles. The van der Waals surface area contributed by atoms with Gasteiger partial charge in [0.2, 0.25) is 0 Å². The van der Waals surface area contributed by atoms with Gasteiger partial charge in [0.25, 0.3) is 0 Å². The predicted molar refractivity (Wildman–Crippen MR) is 73.7 cm³/mol. The van der Waals surface area contributed by atoms with Crippen LogP contribution in [0.15, 0.2) is 60.7 Å². The minimum atomic E-state index is -1.68. The monoisotopic (exact) mass is 352 g/mol. The van der Waals surface area contributed by atoms with Crippen molar-refractivity contribution in [1.29, 1.82) is 0 Å². The molecule has 0 fully saturated rings. The second-order valence-electron chi connectivity index (χ2n) is 4.66. The van der Waals surface area contributed by atoms with Gasteiger partial charge < -0.3 is 17.0 Å². The third-order valence-corrected chi connectivity index (χ3v) is 8.86. The van der Waals surface area contributed by atoms with Crippen LogP contribution in [0.1, 0.15) is 5.56 Å². The average molecular weight is 353 g/mol. The summed E-state index contributed by atoms with van der Waals surface area (Å²) in [4.78, 5) is 0. The van der Waals surface area contributed by atoms with Crippen LogP contribution in [0.2, 0.25) is 11.4 Å². The van der Waals surface area contributed by atoms with Gasteiger partial charge in [0.1, 0.15) is 0 Å². The van der Waals surface area contributed by atoms with Crippen LogP contribution in [-0.4, -0.2) is 13.6 Å². The third-order valence-electron chi connectivity index (χ3n) is 2.88. The van der Waals surface area contributed by atoms with E-state index in [2.05, 4.69) is 72.1 Å². The Morgan fingerprint density at radius 1 is 0.765 bits per heavy atom. The Hall–Kier alpha value is -0.522. The van der Waals surface area contributed by atoms with Crippen LogP contribution in [0.4, 0.5) is 0 Å². The van der Waals surface area contributed by atoms with Gasteiger partial charge in [-0.25, -0.2) is 0 Å². The Morgan fingerprint density at radius 3 is 1.76 bits per heavy atom. The molecule has 0 aromatic heterocycles. The zero-order valence-corrected chi connectivity index (χ0v) is 13.8. The molecule has 0 saturated heterocycles.